The van der Waals surface area contributed by atoms with Crippen LogP contribution in [0.3, 0.4) is 0 Å². The highest BCUT2D eigenvalue weighted by molar-refractivity contribution is 5.66. The Kier molecular flexibility index (Phi) is 6.67. The molecule has 2 unspecified atom stereocenters. The second-order valence-corrected chi connectivity index (χ2v) is 4.69. The van der Waals surface area contributed by atoms with Crippen molar-refractivity contribution in [3.63, 3.8) is 0 Å². The summed E-state index contributed by atoms with van der Waals surface area (Å²) in [5, 5.41) is 43.1. The summed E-state index contributed by atoms with van der Waals surface area (Å²) in [6.45, 7) is 2.98. The van der Waals surface area contributed by atoms with Gasteiger partial charge in [-0.15, -0.1) is 0 Å². The van der Waals surface area contributed by atoms with E-state index in [0.29, 0.717) is 12.8 Å². The van der Waals surface area contributed by atoms with Crippen molar-refractivity contribution in [3.05, 3.63) is 0 Å². The van der Waals surface area contributed by atoms with Crippen molar-refractivity contribution < 1.29 is 15.0 Å². The van der Waals surface area contributed by atoms with Gasteiger partial charge in [0.15, 0.2) is 11.1 Å². The highest BCUT2D eigenvalue weighted by atomic mass is 16.4. The molecule has 0 saturated heterocycles. The van der Waals surface area contributed by atoms with E-state index < -0.39 is 17.0 Å². The fraction of sp³-hybridized carbons (Fsp3) is 0.750. The molecule has 104 valence electrons. The van der Waals surface area contributed by atoms with Crippen molar-refractivity contribution in [3.8, 4) is 12.1 Å². The highest BCUT2D eigenvalue weighted by Gasteiger charge is 2.28. The van der Waals surface area contributed by atoms with Crippen LogP contribution in [0.15, 0.2) is 10.2 Å². The maximum Gasteiger partial charge on any atom is 0.303 e. The van der Waals surface area contributed by atoms with Gasteiger partial charge in [0.1, 0.15) is 0 Å². The number of aliphatic carboxylic acids is 1. The lowest BCUT2D eigenvalue weighted by Crippen LogP contribution is -2.24. The Balaban J connectivity index is 4.84. The van der Waals surface area contributed by atoms with Gasteiger partial charge in [0.2, 0.25) is 0 Å². The minimum Gasteiger partial charge on any atom is -0.481 e. The van der Waals surface area contributed by atoms with Crippen LogP contribution >= 0.6 is 0 Å². The van der Waals surface area contributed by atoms with Crippen LogP contribution in [0.5, 0.6) is 0 Å². The summed E-state index contributed by atoms with van der Waals surface area (Å²) in [6.07, 6.45) is 0.568. The molecule has 0 bridgehead atoms. The smallest absolute Gasteiger partial charge is 0.303 e. The molecule has 0 aromatic rings. The van der Waals surface area contributed by atoms with Crippen molar-refractivity contribution in [1.82, 2.24) is 0 Å². The van der Waals surface area contributed by atoms with E-state index in [9.17, 15) is 4.79 Å². The van der Waals surface area contributed by atoms with Crippen LogP contribution in [-0.4, -0.2) is 33.9 Å². The SMILES string of the molecule is CC(C#N)(CCCO)N=NC(C)(C#N)CCC(=O)O. The number of rotatable bonds is 8. The number of carboxylic acid groups (broad SMARTS) is 1. The average Bonchev–Trinajstić information content (AvgIpc) is 2.40. The number of azo groups is 1. The van der Waals surface area contributed by atoms with Crippen LogP contribution in [0.4, 0.5) is 0 Å². The third-order valence-corrected chi connectivity index (χ3v) is 2.62. The van der Waals surface area contributed by atoms with Gasteiger partial charge < -0.3 is 10.2 Å². The lowest BCUT2D eigenvalue weighted by Gasteiger charge is -2.18. The number of carbonyl (C=O) groups is 1. The van der Waals surface area contributed by atoms with Crippen molar-refractivity contribution in [2.24, 2.45) is 10.2 Å². The molecule has 0 amide bonds. The van der Waals surface area contributed by atoms with Crippen LogP contribution in [-0.2, 0) is 4.79 Å². The Bertz CT molecular complexity index is 424. The summed E-state index contributed by atoms with van der Waals surface area (Å²) in [5.41, 5.74) is -2.36. The maximum absolute atomic E-state index is 10.5. The predicted octanol–water partition coefficient (Wildman–Crippen LogP) is 1.64. The zero-order valence-corrected chi connectivity index (χ0v) is 11.1. The van der Waals surface area contributed by atoms with Crippen LogP contribution < -0.4 is 0 Å². The largest absolute Gasteiger partial charge is 0.481 e. The standard InChI is InChI=1S/C12H18N4O3/c1-11(8-13,5-3-7-17)15-16-12(2,9-14)6-4-10(18)19/h17H,3-7H2,1-2H3,(H,18,19). The van der Waals surface area contributed by atoms with Gasteiger partial charge in [-0.05, 0) is 33.1 Å². The molecular weight excluding hydrogens is 248 g/mol. The molecule has 7 nitrogen and oxygen atoms in total. The first-order valence-corrected chi connectivity index (χ1v) is 5.90. The van der Waals surface area contributed by atoms with Crippen LogP contribution in [0.1, 0.15) is 39.5 Å². The van der Waals surface area contributed by atoms with Gasteiger partial charge in [0.25, 0.3) is 0 Å². The van der Waals surface area contributed by atoms with E-state index in [1.165, 1.54) is 6.92 Å². The molecule has 0 aliphatic carbocycles. The fourth-order valence-corrected chi connectivity index (χ4v) is 1.25. The number of nitrogens with zero attached hydrogens (tertiary/aromatic N) is 4. The monoisotopic (exact) mass is 266 g/mol. The second kappa shape index (κ2) is 7.45. The Morgan fingerprint density at radius 3 is 2.00 bits per heavy atom. The van der Waals surface area contributed by atoms with E-state index in [1.54, 1.807) is 6.92 Å². The minimum atomic E-state index is -1.25. The zero-order valence-electron chi connectivity index (χ0n) is 11.1. The second-order valence-electron chi connectivity index (χ2n) is 4.69. The number of carboxylic acids is 1. The van der Waals surface area contributed by atoms with Gasteiger partial charge in [0.05, 0.1) is 12.1 Å². The number of nitriles is 2. The van der Waals surface area contributed by atoms with Gasteiger partial charge in [-0.1, -0.05) is 0 Å². The first-order chi connectivity index (χ1) is 8.81. The number of aliphatic hydroxyl groups is 1. The predicted molar refractivity (Wildman–Crippen MR) is 66.1 cm³/mol. The van der Waals surface area contributed by atoms with Crippen LogP contribution in [0, 0.1) is 22.7 Å². The summed E-state index contributed by atoms with van der Waals surface area (Å²) in [6, 6.07) is 3.88. The van der Waals surface area contributed by atoms with Crippen molar-refractivity contribution in [2.45, 2.75) is 50.6 Å². The average molecular weight is 266 g/mol. The van der Waals surface area contributed by atoms with E-state index in [1.807, 2.05) is 12.1 Å². The van der Waals surface area contributed by atoms with E-state index in [4.69, 9.17) is 20.7 Å². The summed E-state index contributed by atoms with van der Waals surface area (Å²) in [5.74, 6) is -1.01. The molecule has 0 rings (SSSR count). The quantitative estimate of drug-likeness (QED) is 0.645. The highest BCUT2D eigenvalue weighted by Crippen LogP contribution is 2.23. The molecule has 7 heteroatoms. The number of aliphatic hydroxyl groups excluding tert-OH is 1. The zero-order chi connectivity index (χ0) is 14.9. The fourth-order valence-electron chi connectivity index (χ4n) is 1.25. The van der Waals surface area contributed by atoms with Crippen molar-refractivity contribution in [2.75, 3.05) is 6.61 Å². The maximum atomic E-state index is 10.5. The third kappa shape index (κ3) is 6.49. The molecule has 2 N–H and O–H groups in total. The Morgan fingerprint density at radius 1 is 1.16 bits per heavy atom. The van der Waals surface area contributed by atoms with Gasteiger partial charge >= 0.3 is 5.97 Å². The van der Waals surface area contributed by atoms with Crippen LogP contribution in [0.25, 0.3) is 0 Å². The molecule has 0 saturated carbocycles. The van der Waals surface area contributed by atoms with Gasteiger partial charge in [0, 0.05) is 13.0 Å². The third-order valence-electron chi connectivity index (χ3n) is 2.62. The summed E-state index contributed by atoms with van der Waals surface area (Å²) >= 11 is 0. The Labute approximate surface area is 112 Å². The van der Waals surface area contributed by atoms with Crippen molar-refractivity contribution in [1.29, 1.82) is 10.5 Å². The van der Waals surface area contributed by atoms with Gasteiger partial charge in [-0.25, -0.2) is 0 Å². The molecule has 2 atom stereocenters. The molecule has 0 aliphatic rings. The van der Waals surface area contributed by atoms with E-state index in [2.05, 4.69) is 10.2 Å². The molecule has 0 aromatic heterocycles. The number of hydrogen-bond acceptors (Lipinski definition) is 6. The first-order valence-electron chi connectivity index (χ1n) is 5.90. The first kappa shape index (κ1) is 17.0. The van der Waals surface area contributed by atoms with E-state index >= 15 is 0 Å². The van der Waals surface area contributed by atoms with E-state index in [0.717, 1.165) is 0 Å². The van der Waals surface area contributed by atoms with Gasteiger partial charge in [-0.2, -0.15) is 20.8 Å². The summed E-state index contributed by atoms with van der Waals surface area (Å²) < 4.78 is 0. The minimum absolute atomic E-state index is 0.0316. The van der Waals surface area contributed by atoms with Gasteiger partial charge in [-0.3, -0.25) is 4.79 Å². The molecule has 19 heavy (non-hydrogen) atoms. The molecule has 0 radical (unpaired) electrons. The molecular formula is C12H18N4O3. The molecule has 0 aliphatic heterocycles. The normalized spacial score (nSPS) is 17.1. The Morgan fingerprint density at radius 2 is 1.63 bits per heavy atom. The number of hydrogen-bond donors (Lipinski definition) is 2. The van der Waals surface area contributed by atoms with Crippen molar-refractivity contribution >= 4 is 5.97 Å². The van der Waals surface area contributed by atoms with Crippen LogP contribution in [0.2, 0.25) is 0 Å². The summed E-state index contributed by atoms with van der Waals surface area (Å²) in [7, 11) is 0. The lowest BCUT2D eigenvalue weighted by atomic mass is 9.98. The molecule has 0 heterocycles. The van der Waals surface area contributed by atoms with E-state index in [-0.39, 0.29) is 19.4 Å². The Hall–Kier alpha value is -1.99. The lowest BCUT2D eigenvalue weighted by molar-refractivity contribution is -0.137. The summed E-state index contributed by atoms with van der Waals surface area (Å²) in [4.78, 5) is 10.5. The molecule has 0 aromatic carbocycles. The molecule has 0 spiro atoms. The molecule has 0 fully saturated rings. The topological polar surface area (TPSA) is 130 Å².